The molecule has 1 N–H and O–H groups in total. The van der Waals surface area contributed by atoms with Gasteiger partial charge in [0.1, 0.15) is 15.7 Å². The van der Waals surface area contributed by atoms with Crippen molar-refractivity contribution in [2.45, 2.75) is 30.5 Å². The molecule has 1 fully saturated rings. The fourth-order valence-electron chi connectivity index (χ4n) is 2.99. The van der Waals surface area contributed by atoms with Gasteiger partial charge in [-0.2, -0.15) is 0 Å². The van der Waals surface area contributed by atoms with Crippen molar-refractivity contribution < 1.29 is 8.42 Å². The molecular formula is C17H24N4O2S2. The third-order valence-corrected chi connectivity index (χ3v) is 6.49. The molecular weight excluding hydrogens is 356 g/mol. The number of nitrogens with one attached hydrogen (secondary N) is 1. The maximum atomic E-state index is 11.4. The molecule has 0 saturated carbocycles. The SMILES string of the molecule is CS(=O)(=O)CCSc1nnc(C2CCNCC2)n1Cc1ccccc1. The van der Waals surface area contributed by atoms with E-state index in [1.54, 1.807) is 0 Å². The normalized spacial score (nSPS) is 16.2. The van der Waals surface area contributed by atoms with Crippen LogP contribution in [0, 0.1) is 0 Å². The van der Waals surface area contributed by atoms with E-state index in [1.807, 2.05) is 18.2 Å². The Hall–Kier alpha value is -1.38. The number of aromatic nitrogens is 3. The molecule has 136 valence electrons. The third kappa shape index (κ3) is 5.29. The lowest BCUT2D eigenvalue weighted by Gasteiger charge is -2.23. The van der Waals surface area contributed by atoms with E-state index in [-0.39, 0.29) is 5.75 Å². The van der Waals surface area contributed by atoms with E-state index < -0.39 is 9.84 Å². The molecule has 0 spiro atoms. The maximum Gasteiger partial charge on any atom is 0.191 e. The van der Waals surface area contributed by atoms with Crippen molar-refractivity contribution in [1.82, 2.24) is 20.1 Å². The second-order valence-corrected chi connectivity index (χ2v) is 9.74. The van der Waals surface area contributed by atoms with Crippen molar-refractivity contribution in [3.63, 3.8) is 0 Å². The molecule has 3 rings (SSSR count). The molecule has 1 saturated heterocycles. The fourth-order valence-corrected chi connectivity index (χ4v) is 5.13. The Morgan fingerprint density at radius 3 is 2.60 bits per heavy atom. The predicted molar refractivity (Wildman–Crippen MR) is 101 cm³/mol. The quantitative estimate of drug-likeness (QED) is 0.740. The van der Waals surface area contributed by atoms with E-state index >= 15 is 0 Å². The van der Waals surface area contributed by atoms with Crippen molar-refractivity contribution in [2.75, 3.05) is 30.9 Å². The van der Waals surface area contributed by atoms with Crippen LogP contribution in [0.15, 0.2) is 35.5 Å². The molecule has 1 aromatic carbocycles. The van der Waals surface area contributed by atoms with Crippen molar-refractivity contribution in [3.8, 4) is 0 Å². The van der Waals surface area contributed by atoms with E-state index in [4.69, 9.17) is 0 Å². The number of piperidine rings is 1. The second-order valence-electron chi connectivity index (χ2n) is 6.42. The van der Waals surface area contributed by atoms with Gasteiger partial charge in [0.2, 0.25) is 0 Å². The van der Waals surface area contributed by atoms with Gasteiger partial charge in [-0.25, -0.2) is 8.42 Å². The molecule has 0 aliphatic carbocycles. The number of hydrogen-bond acceptors (Lipinski definition) is 6. The van der Waals surface area contributed by atoms with E-state index in [2.05, 4.69) is 32.2 Å². The van der Waals surface area contributed by atoms with Crippen LogP contribution in [0.4, 0.5) is 0 Å². The highest BCUT2D eigenvalue weighted by atomic mass is 32.2. The minimum absolute atomic E-state index is 0.151. The summed E-state index contributed by atoms with van der Waals surface area (Å²) in [5.74, 6) is 2.07. The van der Waals surface area contributed by atoms with Crippen LogP contribution in [-0.2, 0) is 16.4 Å². The Bertz CT molecular complexity index is 784. The van der Waals surface area contributed by atoms with Crippen molar-refractivity contribution in [2.24, 2.45) is 0 Å². The minimum atomic E-state index is -2.97. The van der Waals surface area contributed by atoms with Gasteiger partial charge in [0, 0.05) is 17.9 Å². The lowest BCUT2D eigenvalue weighted by atomic mass is 9.97. The van der Waals surface area contributed by atoms with Crippen LogP contribution < -0.4 is 5.32 Å². The summed E-state index contributed by atoms with van der Waals surface area (Å²) in [5.41, 5.74) is 1.20. The van der Waals surface area contributed by atoms with Crippen molar-refractivity contribution >= 4 is 21.6 Å². The van der Waals surface area contributed by atoms with E-state index in [0.29, 0.717) is 18.2 Å². The van der Waals surface area contributed by atoms with E-state index in [0.717, 1.165) is 36.9 Å². The molecule has 1 aliphatic rings. The summed E-state index contributed by atoms with van der Waals surface area (Å²) in [6, 6.07) is 10.3. The van der Waals surface area contributed by atoms with E-state index in [1.165, 1.54) is 23.6 Å². The average molecular weight is 381 g/mol. The van der Waals surface area contributed by atoms with Crippen LogP contribution >= 0.6 is 11.8 Å². The first kappa shape index (κ1) is 18.4. The van der Waals surface area contributed by atoms with Gasteiger partial charge >= 0.3 is 0 Å². The highest BCUT2D eigenvalue weighted by molar-refractivity contribution is 8.00. The second kappa shape index (κ2) is 8.33. The molecule has 2 aromatic rings. The third-order valence-electron chi connectivity index (χ3n) is 4.32. The first-order valence-electron chi connectivity index (χ1n) is 8.51. The Morgan fingerprint density at radius 1 is 1.20 bits per heavy atom. The van der Waals surface area contributed by atoms with Gasteiger partial charge in [-0.3, -0.25) is 0 Å². The number of nitrogens with zero attached hydrogens (tertiary/aromatic N) is 3. The zero-order valence-electron chi connectivity index (χ0n) is 14.4. The molecule has 1 aromatic heterocycles. The first-order valence-corrected chi connectivity index (χ1v) is 11.6. The molecule has 0 radical (unpaired) electrons. The van der Waals surface area contributed by atoms with Crippen LogP contribution in [0.1, 0.15) is 30.1 Å². The molecule has 0 bridgehead atoms. The zero-order valence-corrected chi connectivity index (χ0v) is 16.0. The van der Waals surface area contributed by atoms with Gasteiger partial charge in [-0.05, 0) is 31.5 Å². The summed E-state index contributed by atoms with van der Waals surface area (Å²) in [4.78, 5) is 0. The summed E-state index contributed by atoms with van der Waals surface area (Å²) >= 11 is 1.47. The van der Waals surface area contributed by atoms with Crippen molar-refractivity contribution in [3.05, 3.63) is 41.7 Å². The number of hydrogen-bond donors (Lipinski definition) is 1. The Kier molecular flexibility index (Phi) is 6.14. The minimum Gasteiger partial charge on any atom is -0.317 e. The molecule has 1 aliphatic heterocycles. The summed E-state index contributed by atoms with van der Waals surface area (Å²) in [5, 5.41) is 13.0. The molecule has 0 unspecified atom stereocenters. The predicted octanol–water partition coefficient (Wildman–Crippen LogP) is 1.93. The molecule has 2 heterocycles. The smallest absolute Gasteiger partial charge is 0.191 e. The molecule has 8 heteroatoms. The molecule has 0 amide bonds. The number of benzene rings is 1. The van der Waals surface area contributed by atoms with Gasteiger partial charge in [0.25, 0.3) is 0 Å². The standard InChI is InChI=1S/C17H24N4O2S2/c1-25(22,23)12-11-24-17-20-19-16(15-7-9-18-10-8-15)21(17)13-14-5-3-2-4-6-14/h2-6,15,18H,7-13H2,1H3. The molecule has 6 nitrogen and oxygen atoms in total. The lowest BCUT2D eigenvalue weighted by Crippen LogP contribution is -2.28. The Balaban J connectivity index is 1.82. The molecule has 25 heavy (non-hydrogen) atoms. The van der Waals surface area contributed by atoms with Gasteiger partial charge in [-0.1, -0.05) is 42.1 Å². The lowest BCUT2D eigenvalue weighted by molar-refractivity contribution is 0.430. The fraction of sp³-hybridized carbons (Fsp3) is 0.529. The zero-order chi connectivity index (χ0) is 17.7. The highest BCUT2D eigenvalue weighted by Gasteiger charge is 2.23. The summed E-state index contributed by atoms with van der Waals surface area (Å²) in [6.07, 6.45) is 3.38. The summed E-state index contributed by atoms with van der Waals surface area (Å²) < 4.78 is 24.9. The Labute approximate surface area is 153 Å². The van der Waals surface area contributed by atoms with Gasteiger partial charge in [-0.15, -0.1) is 10.2 Å². The van der Waals surface area contributed by atoms with Crippen LogP contribution in [-0.4, -0.2) is 54.0 Å². The summed E-state index contributed by atoms with van der Waals surface area (Å²) in [6.45, 7) is 2.72. The van der Waals surface area contributed by atoms with Gasteiger partial charge in [0.15, 0.2) is 5.16 Å². The van der Waals surface area contributed by atoms with Gasteiger partial charge < -0.3 is 9.88 Å². The number of rotatable bonds is 7. The van der Waals surface area contributed by atoms with E-state index in [9.17, 15) is 8.42 Å². The maximum absolute atomic E-state index is 11.4. The van der Waals surface area contributed by atoms with Gasteiger partial charge in [0.05, 0.1) is 12.3 Å². The van der Waals surface area contributed by atoms with Crippen LogP contribution in [0.2, 0.25) is 0 Å². The first-order chi connectivity index (χ1) is 12.0. The largest absolute Gasteiger partial charge is 0.317 e. The average Bonchev–Trinajstić information content (AvgIpc) is 2.98. The Morgan fingerprint density at radius 2 is 1.92 bits per heavy atom. The summed E-state index contributed by atoms with van der Waals surface area (Å²) in [7, 11) is -2.97. The van der Waals surface area contributed by atoms with Crippen LogP contribution in [0.3, 0.4) is 0 Å². The number of sulfone groups is 1. The monoisotopic (exact) mass is 380 g/mol. The van der Waals surface area contributed by atoms with Crippen LogP contribution in [0.5, 0.6) is 0 Å². The topological polar surface area (TPSA) is 76.9 Å². The van der Waals surface area contributed by atoms with Crippen molar-refractivity contribution in [1.29, 1.82) is 0 Å². The van der Waals surface area contributed by atoms with Crippen LogP contribution in [0.25, 0.3) is 0 Å². The molecule has 0 atom stereocenters. The number of thioether (sulfide) groups is 1. The highest BCUT2D eigenvalue weighted by Crippen LogP contribution is 2.28.